The Bertz CT molecular complexity index is 242. The molecular weight excluding hydrogens is 200 g/mol. The standard InChI is InChI=1S/C13H24N2O/c1-3-14(10-12-4-5-12)13(16)15-8-6-11(2)7-9-15/h11-12H,3-10H2,1-2H3. The van der Waals surface area contributed by atoms with Crippen LogP contribution in [0.4, 0.5) is 4.79 Å². The van der Waals surface area contributed by atoms with Crippen molar-refractivity contribution < 1.29 is 4.79 Å². The van der Waals surface area contributed by atoms with Crippen molar-refractivity contribution in [2.75, 3.05) is 26.2 Å². The van der Waals surface area contributed by atoms with Crippen LogP contribution in [0.15, 0.2) is 0 Å². The molecule has 3 nitrogen and oxygen atoms in total. The molecular formula is C13H24N2O. The van der Waals surface area contributed by atoms with Crippen LogP contribution in [-0.2, 0) is 0 Å². The van der Waals surface area contributed by atoms with Gasteiger partial charge in [-0.15, -0.1) is 0 Å². The Kier molecular flexibility index (Phi) is 3.72. The van der Waals surface area contributed by atoms with Gasteiger partial charge >= 0.3 is 6.03 Å². The molecule has 1 saturated heterocycles. The maximum Gasteiger partial charge on any atom is 0.319 e. The van der Waals surface area contributed by atoms with E-state index in [1.54, 1.807) is 0 Å². The van der Waals surface area contributed by atoms with Gasteiger partial charge in [-0.25, -0.2) is 4.79 Å². The number of nitrogens with zero attached hydrogens (tertiary/aromatic N) is 2. The van der Waals surface area contributed by atoms with Crippen LogP contribution < -0.4 is 0 Å². The Morgan fingerprint density at radius 2 is 1.88 bits per heavy atom. The first-order valence-electron chi connectivity index (χ1n) is 6.74. The lowest BCUT2D eigenvalue weighted by molar-refractivity contribution is 0.135. The summed E-state index contributed by atoms with van der Waals surface area (Å²) in [5, 5.41) is 0. The van der Waals surface area contributed by atoms with Gasteiger partial charge in [0.1, 0.15) is 0 Å². The Morgan fingerprint density at radius 3 is 2.38 bits per heavy atom. The summed E-state index contributed by atoms with van der Waals surface area (Å²) in [6.45, 7) is 8.14. The quantitative estimate of drug-likeness (QED) is 0.722. The molecule has 0 aromatic heterocycles. The molecule has 1 saturated carbocycles. The average molecular weight is 224 g/mol. The molecule has 1 aliphatic heterocycles. The number of urea groups is 1. The zero-order valence-electron chi connectivity index (χ0n) is 10.6. The lowest BCUT2D eigenvalue weighted by Crippen LogP contribution is -2.47. The molecule has 2 fully saturated rings. The van der Waals surface area contributed by atoms with E-state index in [0.29, 0.717) is 0 Å². The third kappa shape index (κ3) is 2.89. The molecule has 2 aliphatic rings. The van der Waals surface area contributed by atoms with Crippen LogP contribution in [0.2, 0.25) is 0 Å². The van der Waals surface area contributed by atoms with E-state index in [1.165, 1.54) is 25.7 Å². The van der Waals surface area contributed by atoms with Gasteiger partial charge < -0.3 is 9.80 Å². The number of hydrogen-bond donors (Lipinski definition) is 0. The van der Waals surface area contributed by atoms with E-state index in [0.717, 1.165) is 38.0 Å². The number of rotatable bonds is 3. The zero-order valence-corrected chi connectivity index (χ0v) is 10.6. The highest BCUT2D eigenvalue weighted by molar-refractivity contribution is 5.74. The first kappa shape index (κ1) is 11.7. The van der Waals surface area contributed by atoms with Crippen molar-refractivity contribution in [2.45, 2.75) is 39.5 Å². The van der Waals surface area contributed by atoms with Crippen LogP contribution in [0.3, 0.4) is 0 Å². The van der Waals surface area contributed by atoms with Crippen molar-refractivity contribution in [3.63, 3.8) is 0 Å². The van der Waals surface area contributed by atoms with Crippen molar-refractivity contribution in [2.24, 2.45) is 11.8 Å². The second kappa shape index (κ2) is 5.07. The fourth-order valence-electron chi connectivity index (χ4n) is 2.35. The van der Waals surface area contributed by atoms with Gasteiger partial charge in [0.2, 0.25) is 0 Å². The summed E-state index contributed by atoms with van der Waals surface area (Å²) in [4.78, 5) is 16.3. The molecule has 0 N–H and O–H groups in total. The van der Waals surface area contributed by atoms with Gasteiger partial charge in [0, 0.05) is 26.2 Å². The summed E-state index contributed by atoms with van der Waals surface area (Å²) in [7, 11) is 0. The number of likely N-dealkylation sites (tertiary alicyclic amines) is 1. The Labute approximate surface area is 98.8 Å². The maximum atomic E-state index is 12.3. The van der Waals surface area contributed by atoms with E-state index in [4.69, 9.17) is 0 Å². The van der Waals surface area contributed by atoms with Crippen LogP contribution in [-0.4, -0.2) is 42.0 Å². The maximum absolute atomic E-state index is 12.3. The van der Waals surface area contributed by atoms with Gasteiger partial charge in [0.15, 0.2) is 0 Å². The summed E-state index contributed by atoms with van der Waals surface area (Å²) in [5.41, 5.74) is 0. The summed E-state index contributed by atoms with van der Waals surface area (Å²) < 4.78 is 0. The molecule has 92 valence electrons. The van der Waals surface area contributed by atoms with Gasteiger partial charge in [-0.3, -0.25) is 0 Å². The highest BCUT2D eigenvalue weighted by atomic mass is 16.2. The normalized spacial score (nSPS) is 22.2. The predicted molar refractivity (Wildman–Crippen MR) is 65.3 cm³/mol. The fourth-order valence-corrected chi connectivity index (χ4v) is 2.35. The highest BCUT2D eigenvalue weighted by Gasteiger charge is 2.29. The van der Waals surface area contributed by atoms with Crippen LogP contribution in [0.1, 0.15) is 39.5 Å². The minimum atomic E-state index is 0.279. The molecule has 0 radical (unpaired) electrons. The summed E-state index contributed by atoms with van der Waals surface area (Å²) in [5.74, 6) is 1.59. The van der Waals surface area contributed by atoms with Crippen molar-refractivity contribution in [3.8, 4) is 0 Å². The smallest absolute Gasteiger partial charge is 0.319 e. The van der Waals surface area contributed by atoms with E-state index >= 15 is 0 Å². The lowest BCUT2D eigenvalue weighted by atomic mass is 9.99. The number of amides is 2. The molecule has 3 heteroatoms. The first-order chi connectivity index (χ1) is 7.70. The van der Waals surface area contributed by atoms with Crippen molar-refractivity contribution in [3.05, 3.63) is 0 Å². The molecule has 0 bridgehead atoms. The van der Waals surface area contributed by atoms with Crippen LogP contribution in [0.25, 0.3) is 0 Å². The van der Waals surface area contributed by atoms with Gasteiger partial charge in [0.05, 0.1) is 0 Å². The molecule has 2 amide bonds. The lowest BCUT2D eigenvalue weighted by Gasteiger charge is -2.34. The van der Waals surface area contributed by atoms with Gasteiger partial charge in [-0.05, 0) is 44.4 Å². The SMILES string of the molecule is CCN(CC1CC1)C(=O)N1CCC(C)CC1. The molecule has 2 rings (SSSR count). The topological polar surface area (TPSA) is 23.6 Å². The minimum absolute atomic E-state index is 0.279. The summed E-state index contributed by atoms with van der Waals surface area (Å²) in [6.07, 6.45) is 4.99. The van der Waals surface area contributed by atoms with Gasteiger partial charge in [0.25, 0.3) is 0 Å². The number of hydrogen-bond acceptors (Lipinski definition) is 1. The zero-order chi connectivity index (χ0) is 11.5. The third-order valence-electron chi connectivity index (χ3n) is 3.88. The van der Waals surface area contributed by atoms with Crippen molar-refractivity contribution in [1.29, 1.82) is 0 Å². The highest BCUT2D eigenvalue weighted by Crippen LogP contribution is 2.30. The fraction of sp³-hybridized carbons (Fsp3) is 0.923. The van der Waals surface area contributed by atoms with Crippen LogP contribution in [0, 0.1) is 11.8 Å². The first-order valence-corrected chi connectivity index (χ1v) is 6.74. The average Bonchev–Trinajstić information content (AvgIpc) is 3.10. The van der Waals surface area contributed by atoms with E-state index in [2.05, 4.69) is 13.8 Å². The number of carbonyl (C=O) groups is 1. The van der Waals surface area contributed by atoms with E-state index in [9.17, 15) is 4.79 Å². The number of piperidine rings is 1. The van der Waals surface area contributed by atoms with Crippen LogP contribution >= 0.6 is 0 Å². The minimum Gasteiger partial charge on any atom is -0.325 e. The Balaban J connectivity index is 1.83. The molecule has 0 unspecified atom stereocenters. The second-order valence-electron chi connectivity index (χ2n) is 5.43. The van der Waals surface area contributed by atoms with Crippen molar-refractivity contribution >= 4 is 6.03 Å². The van der Waals surface area contributed by atoms with Gasteiger partial charge in [-0.2, -0.15) is 0 Å². The largest absolute Gasteiger partial charge is 0.325 e. The van der Waals surface area contributed by atoms with Crippen molar-refractivity contribution in [1.82, 2.24) is 9.80 Å². The molecule has 0 spiro atoms. The monoisotopic (exact) mass is 224 g/mol. The van der Waals surface area contributed by atoms with E-state index in [-0.39, 0.29) is 6.03 Å². The van der Waals surface area contributed by atoms with Gasteiger partial charge in [-0.1, -0.05) is 6.92 Å². The molecule has 0 atom stereocenters. The third-order valence-corrected chi connectivity index (χ3v) is 3.88. The van der Waals surface area contributed by atoms with E-state index in [1.807, 2.05) is 9.80 Å². The molecule has 0 aromatic rings. The summed E-state index contributed by atoms with van der Waals surface area (Å²) in [6, 6.07) is 0.279. The Morgan fingerprint density at radius 1 is 1.25 bits per heavy atom. The Hall–Kier alpha value is -0.730. The molecule has 16 heavy (non-hydrogen) atoms. The number of carbonyl (C=O) groups excluding carboxylic acids is 1. The van der Waals surface area contributed by atoms with Crippen LogP contribution in [0.5, 0.6) is 0 Å². The predicted octanol–water partition coefficient (Wildman–Crippen LogP) is 2.57. The summed E-state index contributed by atoms with van der Waals surface area (Å²) >= 11 is 0. The molecule has 1 aliphatic carbocycles. The van der Waals surface area contributed by atoms with E-state index < -0.39 is 0 Å². The molecule has 0 aromatic carbocycles. The second-order valence-corrected chi connectivity index (χ2v) is 5.43. The molecule has 1 heterocycles.